The fourth-order valence-corrected chi connectivity index (χ4v) is 1.38. The van der Waals surface area contributed by atoms with E-state index in [1.165, 1.54) is 24.1 Å². The van der Waals surface area contributed by atoms with E-state index in [1.807, 2.05) is 6.08 Å². The first-order valence-electron chi connectivity index (χ1n) is 6.96. The molecule has 2 nitrogen and oxygen atoms in total. The molecule has 104 valence electrons. The molecule has 18 heavy (non-hydrogen) atoms. The minimum atomic E-state index is 0.819. The molecule has 0 saturated carbocycles. The lowest BCUT2D eigenvalue weighted by Gasteiger charge is -2.29. The molecule has 0 radical (unpaired) electrons. The van der Waals surface area contributed by atoms with Crippen LogP contribution < -0.4 is 0 Å². The molecule has 1 aliphatic heterocycles. The molecule has 0 aromatic carbocycles. The van der Waals surface area contributed by atoms with Crippen molar-refractivity contribution in [2.24, 2.45) is 0 Å². The molecule has 1 saturated heterocycles. The molecule has 0 unspecified atom stereocenters. The van der Waals surface area contributed by atoms with Crippen LogP contribution in [0.25, 0.3) is 0 Å². The highest BCUT2D eigenvalue weighted by molar-refractivity contribution is 5.23. The van der Waals surface area contributed by atoms with Crippen LogP contribution in [0.15, 0.2) is 36.1 Å². The molecule has 1 fully saturated rings. The number of unbranched alkanes of at least 4 members (excludes halogenated alkanes) is 1. The van der Waals surface area contributed by atoms with E-state index in [4.69, 9.17) is 4.74 Å². The molecule has 2 heteroatoms. The second-order valence-corrected chi connectivity index (χ2v) is 4.64. The van der Waals surface area contributed by atoms with Gasteiger partial charge in [0.15, 0.2) is 0 Å². The second-order valence-electron chi connectivity index (χ2n) is 4.64. The van der Waals surface area contributed by atoms with Crippen LogP contribution >= 0.6 is 0 Å². The number of rotatable bonds is 4. The van der Waals surface area contributed by atoms with Gasteiger partial charge in [0.2, 0.25) is 0 Å². The Bertz CT molecular complexity index is 267. The normalized spacial score (nSPS) is 15.6. The third-order valence-electron chi connectivity index (χ3n) is 2.67. The van der Waals surface area contributed by atoms with Gasteiger partial charge in [-0.25, -0.2) is 0 Å². The van der Waals surface area contributed by atoms with Crippen molar-refractivity contribution in [1.29, 1.82) is 0 Å². The van der Waals surface area contributed by atoms with Gasteiger partial charge in [-0.2, -0.15) is 0 Å². The SMILES string of the molecule is C=C/C(=C\C=C(C)C)N1CCOCC1.CCCC. The fraction of sp³-hybridized carbons (Fsp3) is 0.625. The van der Waals surface area contributed by atoms with Gasteiger partial charge in [-0.3, -0.25) is 0 Å². The number of morpholine rings is 1. The lowest BCUT2D eigenvalue weighted by molar-refractivity contribution is 0.0554. The van der Waals surface area contributed by atoms with E-state index in [1.54, 1.807) is 0 Å². The molecular weight excluding hydrogens is 222 g/mol. The Morgan fingerprint density at radius 1 is 1.11 bits per heavy atom. The zero-order chi connectivity index (χ0) is 13.8. The van der Waals surface area contributed by atoms with Gasteiger partial charge in [0.05, 0.1) is 13.2 Å². The van der Waals surface area contributed by atoms with Crippen LogP contribution in [0.5, 0.6) is 0 Å². The van der Waals surface area contributed by atoms with Crippen molar-refractivity contribution in [2.45, 2.75) is 40.5 Å². The minimum Gasteiger partial charge on any atom is -0.378 e. The predicted molar refractivity (Wildman–Crippen MR) is 80.7 cm³/mol. The smallest absolute Gasteiger partial charge is 0.0642 e. The summed E-state index contributed by atoms with van der Waals surface area (Å²) in [6.45, 7) is 16.0. The predicted octanol–water partition coefficient (Wildman–Crippen LogP) is 4.16. The van der Waals surface area contributed by atoms with Gasteiger partial charge >= 0.3 is 0 Å². The first kappa shape index (κ1) is 17.0. The number of hydrogen-bond donors (Lipinski definition) is 0. The van der Waals surface area contributed by atoms with Crippen molar-refractivity contribution < 1.29 is 4.74 Å². The first-order chi connectivity index (χ1) is 8.65. The zero-order valence-corrected chi connectivity index (χ0v) is 12.5. The molecule has 0 bridgehead atoms. The summed E-state index contributed by atoms with van der Waals surface area (Å²) in [4.78, 5) is 2.30. The van der Waals surface area contributed by atoms with E-state index >= 15 is 0 Å². The van der Waals surface area contributed by atoms with Crippen LogP contribution in [-0.4, -0.2) is 31.2 Å². The number of hydrogen-bond acceptors (Lipinski definition) is 2. The highest BCUT2D eigenvalue weighted by atomic mass is 16.5. The molecule has 0 aromatic heterocycles. The standard InChI is InChI=1S/C12H19NO.C4H10/c1-4-12(6-5-11(2)3)13-7-9-14-10-8-13;1-3-4-2/h4-6H,1,7-10H2,2-3H3;3-4H2,1-2H3/b12-6+;. The van der Waals surface area contributed by atoms with Crippen molar-refractivity contribution in [3.63, 3.8) is 0 Å². The van der Waals surface area contributed by atoms with E-state index in [0.29, 0.717) is 0 Å². The molecular formula is C16H29NO. The maximum atomic E-state index is 5.30. The van der Waals surface area contributed by atoms with Crippen LogP contribution in [-0.2, 0) is 4.74 Å². The summed E-state index contributed by atoms with van der Waals surface area (Å²) in [5, 5.41) is 0. The van der Waals surface area contributed by atoms with Gasteiger partial charge in [0.25, 0.3) is 0 Å². The molecule has 1 aliphatic rings. The van der Waals surface area contributed by atoms with Gasteiger partial charge in [-0.05, 0) is 26.0 Å². The van der Waals surface area contributed by atoms with E-state index in [9.17, 15) is 0 Å². The average molecular weight is 251 g/mol. The van der Waals surface area contributed by atoms with E-state index in [2.05, 4.69) is 51.3 Å². The Balaban J connectivity index is 0.000000631. The Hall–Kier alpha value is -1.02. The molecule has 0 aliphatic carbocycles. The topological polar surface area (TPSA) is 12.5 Å². The molecule has 0 aromatic rings. The lowest BCUT2D eigenvalue weighted by Crippen LogP contribution is -2.35. The molecule has 0 amide bonds. The van der Waals surface area contributed by atoms with Crippen molar-refractivity contribution >= 4 is 0 Å². The molecule has 0 atom stereocenters. The van der Waals surface area contributed by atoms with Crippen LogP contribution in [0.3, 0.4) is 0 Å². The van der Waals surface area contributed by atoms with Crippen molar-refractivity contribution in [1.82, 2.24) is 4.90 Å². The molecule has 1 rings (SSSR count). The number of nitrogens with zero attached hydrogens (tertiary/aromatic N) is 1. The molecule has 1 heterocycles. The molecule has 0 spiro atoms. The zero-order valence-electron chi connectivity index (χ0n) is 12.5. The fourth-order valence-electron chi connectivity index (χ4n) is 1.38. The Labute approximate surface area is 113 Å². The highest BCUT2D eigenvalue weighted by Crippen LogP contribution is 2.09. The minimum absolute atomic E-state index is 0.819. The second kappa shape index (κ2) is 11.1. The largest absolute Gasteiger partial charge is 0.378 e. The van der Waals surface area contributed by atoms with E-state index in [-0.39, 0.29) is 0 Å². The van der Waals surface area contributed by atoms with Gasteiger partial charge in [-0.15, -0.1) is 0 Å². The monoisotopic (exact) mass is 251 g/mol. The van der Waals surface area contributed by atoms with Crippen LogP contribution in [0.1, 0.15) is 40.5 Å². The number of allylic oxidation sites excluding steroid dienone is 4. The van der Waals surface area contributed by atoms with E-state index in [0.717, 1.165) is 26.3 Å². The van der Waals surface area contributed by atoms with Gasteiger partial charge in [-0.1, -0.05) is 44.9 Å². The van der Waals surface area contributed by atoms with Crippen molar-refractivity contribution in [3.8, 4) is 0 Å². The summed E-state index contributed by atoms with van der Waals surface area (Å²) < 4.78 is 5.30. The van der Waals surface area contributed by atoms with Crippen molar-refractivity contribution in [3.05, 3.63) is 36.1 Å². The summed E-state index contributed by atoms with van der Waals surface area (Å²) in [7, 11) is 0. The first-order valence-corrected chi connectivity index (χ1v) is 6.96. The summed E-state index contributed by atoms with van der Waals surface area (Å²) >= 11 is 0. The van der Waals surface area contributed by atoms with Crippen LogP contribution in [0.2, 0.25) is 0 Å². The van der Waals surface area contributed by atoms with Gasteiger partial charge in [0, 0.05) is 18.8 Å². The maximum Gasteiger partial charge on any atom is 0.0642 e. The summed E-state index contributed by atoms with van der Waals surface area (Å²) in [6.07, 6.45) is 8.78. The Kier molecular flexibility index (Phi) is 10.5. The highest BCUT2D eigenvalue weighted by Gasteiger charge is 2.10. The quantitative estimate of drug-likeness (QED) is 0.696. The van der Waals surface area contributed by atoms with Crippen molar-refractivity contribution in [2.75, 3.05) is 26.3 Å². The number of ether oxygens (including phenoxy) is 1. The third-order valence-corrected chi connectivity index (χ3v) is 2.67. The summed E-state index contributed by atoms with van der Waals surface area (Å²) in [6, 6.07) is 0. The summed E-state index contributed by atoms with van der Waals surface area (Å²) in [5.74, 6) is 0. The maximum absolute atomic E-state index is 5.30. The Morgan fingerprint density at radius 3 is 2.06 bits per heavy atom. The third kappa shape index (κ3) is 8.13. The van der Waals surface area contributed by atoms with Crippen LogP contribution in [0.4, 0.5) is 0 Å². The lowest BCUT2D eigenvalue weighted by atomic mass is 10.2. The van der Waals surface area contributed by atoms with E-state index < -0.39 is 0 Å². The van der Waals surface area contributed by atoms with Gasteiger partial charge in [0.1, 0.15) is 0 Å². The Morgan fingerprint density at radius 2 is 1.67 bits per heavy atom. The van der Waals surface area contributed by atoms with Crippen LogP contribution in [0, 0.1) is 0 Å². The molecule has 0 N–H and O–H groups in total. The summed E-state index contributed by atoms with van der Waals surface area (Å²) in [5.41, 5.74) is 2.49. The average Bonchev–Trinajstić information content (AvgIpc) is 2.40. The van der Waals surface area contributed by atoms with Gasteiger partial charge < -0.3 is 9.64 Å².